The van der Waals surface area contributed by atoms with Gasteiger partial charge in [-0.25, -0.2) is 0 Å². The second-order valence-corrected chi connectivity index (χ2v) is 6.33. The van der Waals surface area contributed by atoms with Gasteiger partial charge in [-0.3, -0.25) is 0 Å². The molecule has 17 heavy (non-hydrogen) atoms. The molecule has 1 aliphatic carbocycles. The normalized spacial score (nSPS) is 36.0. The van der Waals surface area contributed by atoms with Crippen molar-refractivity contribution in [2.75, 3.05) is 19.6 Å². The van der Waals surface area contributed by atoms with Crippen molar-refractivity contribution in [2.24, 2.45) is 17.6 Å². The van der Waals surface area contributed by atoms with Gasteiger partial charge in [-0.1, -0.05) is 19.8 Å². The summed E-state index contributed by atoms with van der Waals surface area (Å²) in [6, 6.07) is 0.500. The van der Waals surface area contributed by atoms with Gasteiger partial charge in [0, 0.05) is 12.6 Å². The van der Waals surface area contributed by atoms with E-state index in [2.05, 4.69) is 11.8 Å². The predicted molar refractivity (Wildman–Crippen MR) is 74.0 cm³/mol. The van der Waals surface area contributed by atoms with Crippen molar-refractivity contribution in [3.8, 4) is 0 Å². The van der Waals surface area contributed by atoms with Gasteiger partial charge < -0.3 is 10.6 Å². The van der Waals surface area contributed by atoms with Crippen LogP contribution in [0.2, 0.25) is 0 Å². The van der Waals surface area contributed by atoms with Crippen LogP contribution in [0.15, 0.2) is 0 Å². The third-order valence-electron chi connectivity index (χ3n) is 4.74. The molecule has 2 fully saturated rings. The van der Waals surface area contributed by atoms with Crippen LogP contribution in [-0.4, -0.2) is 30.6 Å². The van der Waals surface area contributed by atoms with Crippen LogP contribution in [0.3, 0.4) is 0 Å². The lowest BCUT2D eigenvalue weighted by molar-refractivity contribution is 0.235. The topological polar surface area (TPSA) is 29.3 Å². The van der Waals surface area contributed by atoms with Gasteiger partial charge in [0.2, 0.25) is 0 Å². The molecule has 2 aliphatic rings. The van der Waals surface area contributed by atoms with Gasteiger partial charge in [-0.15, -0.1) is 0 Å². The number of rotatable bonds is 4. The zero-order valence-corrected chi connectivity index (χ0v) is 11.5. The molecule has 1 saturated carbocycles. The number of nitrogens with zero attached hydrogens (tertiary/aromatic N) is 1. The van der Waals surface area contributed by atoms with E-state index >= 15 is 0 Å². The largest absolute Gasteiger partial charge is 0.328 e. The van der Waals surface area contributed by atoms with Crippen LogP contribution < -0.4 is 5.73 Å². The Hall–Kier alpha value is -0.0800. The molecule has 3 unspecified atom stereocenters. The van der Waals surface area contributed by atoms with Crippen molar-refractivity contribution in [1.29, 1.82) is 0 Å². The highest BCUT2D eigenvalue weighted by Gasteiger charge is 2.25. The van der Waals surface area contributed by atoms with E-state index in [0.29, 0.717) is 6.04 Å². The molecule has 3 atom stereocenters. The van der Waals surface area contributed by atoms with Gasteiger partial charge in [0.15, 0.2) is 0 Å². The minimum Gasteiger partial charge on any atom is -0.328 e. The molecule has 0 aromatic rings. The first-order chi connectivity index (χ1) is 8.28. The summed E-state index contributed by atoms with van der Waals surface area (Å²) in [6.45, 7) is 6.33. The van der Waals surface area contributed by atoms with Crippen LogP contribution in [0.1, 0.15) is 58.3 Å². The molecular formula is C15H30N2. The van der Waals surface area contributed by atoms with Crippen molar-refractivity contribution in [3.05, 3.63) is 0 Å². The lowest BCUT2D eigenvalue weighted by Crippen LogP contribution is -2.30. The fourth-order valence-electron chi connectivity index (χ4n) is 3.75. The summed E-state index contributed by atoms with van der Waals surface area (Å²) in [6.07, 6.45) is 11.0. The van der Waals surface area contributed by atoms with Gasteiger partial charge in [0.1, 0.15) is 0 Å². The number of hydrogen-bond acceptors (Lipinski definition) is 2. The summed E-state index contributed by atoms with van der Waals surface area (Å²) in [7, 11) is 0. The first-order valence-electron chi connectivity index (χ1n) is 7.76. The SMILES string of the molecule is CCCC1CCCN(CC2CCC(N)C2)CC1. The Morgan fingerprint density at radius 3 is 2.65 bits per heavy atom. The Balaban J connectivity index is 1.71. The molecule has 0 aromatic heterocycles. The molecule has 2 N–H and O–H groups in total. The van der Waals surface area contributed by atoms with Crippen LogP contribution in [0.5, 0.6) is 0 Å². The predicted octanol–water partition coefficient (Wildman–Crippen LogP) is 3.02. The maximum atomic E-state index is 6.00. The standard InChI is InChI=1S/C15H30N2/c1-2-4-13-5-3-9-17(10-8-13)12-14-6-7-15(16)11-14/h13-15H,2-12,16H2,1H3. The monoisotopic (exact) mass is 238 g/mol. The summed E-state index contributed by atoms with van der Waals surface area (Å²) < 4.78 is 0. The maximum Gasteiger partial charge on any atom is 0.00420 e. The van der Waals surface area contributed by atoms with Crippen LogP contribution in [-0.2, 0) is 0 Å². The summed E-state index contributed by atoms with van der Waals surface area (Å²) in [4.78, 5) is 2.72. The van der Waals surface area contributed by atoms with E-state index < -0.39 is 0 Å². The molecule has 0 bridgehead atoms. The van der Waals surface area contributed by atoms with Crippen LogP contribution in [0, 0.1) is 11.8 Å². The lowest BCUT2D eigenvalue weighted by atomic mass is 9.96. The van der Waals surface area contributed by atoms with Crippen molar-refractivity contribution < 1.29 is 0 Å². The van der Waals surface area contributed by atoms with Crippen LogP contribution in [0.25, 0.3) is 0 Å². The second-order valence-electron chi connectivity index (χ2n) is 6.33. The van der Waals surface area contributed by atoms with Crippen molar-refractivity contribution >= 4 is 0 Å². The van der Waals surface area contributed by atoms with Gasteiger partial charge in [-0.2, -0.15) is 0 Å². The molecule has 1 aliphatic heterocycles. The Morgan fingerprint density at radius 1 is 1.06 bits per heavy atom. The molecule has 0 spiro atoms. The number of nitrogens with two attached hydrogens (primary N) is 1. The summed E-state index contributed by atoms with van der Waals surface area (Å²) in [5.41, 5.74) is 6.00. The molecule has 0 aromatic carbocycles. The Morgan fingerprint density at radius 2 is 1.94 bits per heavy atom. The van der Waals surface area contributed by atoms with Crippen LogP contribution >= 0.6 is 0 Å². The highest BCUT2D eigenvalue weighted by molar-refractivity contribution is 4.81. The maximum absolute atomic E-state index is 6.00. The third kappa shape index (κ3) is 4.26. The minimum absolute atomic E-state index is 0.500. The minimum atomic E-state index is 0.500. The molecule has 2 heteroatoms. The van der Waals surface area contributed by atoms with Crippen LogP contribution in [0.4, 0.5) is 0 Å². The highest BCUT2D eigenvalue weighted by atomic mass is 15.1. The Labute approximate surface area is 107 Å². The van der Waals surface area contributed by atoms with E-state index in [4.69, 9.17) is 5.73 Å². The van der Waals surface area contributed by atoms with Gasteiger partial charge in [-0.05, 0) is 63.5 Å². The van der Waals surface area contributed by atoms with Crippen molar-refractivity contribution in [3.63, 3.8) is 0 Å². The molecule has 0 amide bonds. The highest BCUT2D eigenvalue weighted by Crippen LogP contribution is 2.27. The Bertz CT molecular complexity index is 217. The van der Waals surface area contributed by atoms with E-state index in [1.165, 1.54) is 71.0 Å². The van der Waals surface area contributed by atoms with E-state index in [0.717, 1.165) is 11.8 Å². The second kappa shape index (κ2) is 6.75. The van der Waals surface area contributed by atoms with Crippen molar-refractivity contribution in [1.82, 2.24) is 4.90 Å². The average Bonchev–Trinajstić information content (AvgIpc) is 2.58. The average molecular weight is 238 g/mol. The summed E-state index contributed by atoms with van der Waals surface area (Å²) in [5, 5.41) is 0. The quantitative estimate of drug-likeness (QED) is 0.816. The van der Waals surface area contributed by atoms with E-state index in [9.17, 15) is 0 Å². The fraction of sp³-hybridized carbons (Fsp3) is 1.00. The Kier molecular flexibility index (Phi) is 5.30. The molecule has 1 heterocycles. The fourth-order valence-corrected chi connectivity index (χ4v) is 3.75. The van der Waals surface area contributed by atoms with Gasteiger partial charge in [0.25, 0.3) is 0 Å². The summed E-state index contributed by atoms with van der Waals surface area (Å²) in [5.74, 6) is 1.91. The molecule has 1 saturated heterocycles. The lowest BCUT2D eigenvalue weighted by Gasteiger charge is -2.23. The molecule has 0 radical (unpaired) electrons. The van der Waals surface area contributed by atoms with E-state index in [1.54, 1.807) is 0 Å². The molecule has 100 valence electrons. The third-order valence-corrected chi connectivity index (χ3v) is 4.74. The van der Waals surface area contributed by atoms with E-state index in [-0.39, 0.29) is 0 Å². The number of likely N-dealkylation sites (tertiary alicyclic amines) is 1. The summed E-state index contributed by atoms with van der Waals surface area (Å²) >= 11 is 0. The first kappa shape index (κ1) is 13.4. The molecule has 2 nitrogen and oxygen atoms in total. The molecule has 2 rings (SSSR count). The first-order valence-corrected chi connectivity index (χ1v) is 7.76. The zero-order valence-electron chi connectivity index (χ0n) is 11.5. The van der Waals surface area contributed by atoms with Crippen molar-refractivity contribution in [2.45, 2.75) is 64.3 Å². The van der Waals surface area contributed by atoms with E-state index in [1.807, 2.05) is 0 Å². The smallest absolute Gasteiger partial charge is 0.00420 e. The van der Waals surface area contributed by atoms with Gasteiger partial charge in [0.05, 0.1) is 0 Å². The molecular weight excluding hydrogens is 208 g/mol. The van der Waals surface area contributed by atoms with Gasteiger partial charge >= 0.3 is 0 Å². The zero-order chi connectivity index (χ0) is 12.1. The number of hydrogen-bond donors (Lipinski definition) is 1.